The van der Waals surface area contributed by atoms with Crippen LogP contribution in [0.1, 0.15) is 32.4 Å². The molecule has 1 aromatic rings. The molecule has 1 unspecified atom stereocenters. The molecule has 1 rings (SSSR count). The van der Waals surface area contributed by atoms with E-state index in [1.807, 2.05) is 56.4 Å². The van der Waals surface area contributed by atoms with Crippen LogP contribution in [0, 0.1) is 0 Å². The first-order valence-electron chi connectivity index (χ1n) is 6.90. The van der Waals surface area contributed by atoms with Gasteiger partial charge in [0.25, 0.3) is 0 Å². The van der Waals surface area contributed by atoms with Gasteiger partial charge < -0.3 is 0 Å². The number of nitrogens with zero attached hydrogens (tertiary/aromatic N) is 1. The first-order valence-corrected chi connectivity index (χ1v) is 7.97. The monoisotopic (exact) mass is 339 g/mol. The molecule has 0 saturated heterocycles. The van der Waals surface area contributed by atoms with Crippen molar-refractivity contribution in [2.75, 3.05) is 7.05 Å². The van der Waals surface area contributed by atoms with Crippen LogP contribution in [0.15, 0.2) is 62.2 Å². The highest BCUT2D eigenvalue weighted by Crippen LogP contribution is 2.34. The maximum atomic E-state index is 6.08. The van der Waals surface area contributed by atoms with Crippen molar-refractivity contribution in [3.63, 3.8) is 0 Å². The zero-order valence-electron chi connectivity index (χ0n) is 13.9. The predicted molar refractivity (Wildman–Crippen MR) is 101 cm³/mol. The molecule has 22 heavy (non-hydrogen) atoms. The molecule has 0 spiro atoms. The van der Waals surface area contributed by atoms with Crippen molar-refractivity contribution in [1.29, 1.82) is 0 Å². The molecule has 2 nitrogen and oxygen atoms in total. The fourth-order valence-electron chi connectivity index (χ4n) is 1.66. The SMILES string of the molecule is C=C.C=CC(=C)C(c1cccc(Cl)c1)N(C)SOC(C)(C)C. The van der Waals surface area contributed by atoms with Crippen molar-refractivity contribution in [3.8, 4) is 0 Å². The van der Waals surface area contributed by atoms with Crippen LogP contribution in [0.25, 0.3) is 0 Å². The van der Waals surface area contributed by atoms with Crippen molar-refractivity contribution in [2.24, 2.45) is 0 Å². The average molecular weight is 340 g/mol. The summed E-state index contributed by atoms with van der Waals surface area (Å²) in [5.74, 6) is 0. The number of benzene rings is 1. The average Bonchev–Trinajstić information content (AvgIpc) is 2.46. The topological polar surface area (TPSA) is 12.5 Å². The van der Waals surface area contributed by atoms with E-state index in [1.54, 1.807) is 6.08 Å². The van der Waals surface area contributed by atoms with Gasteiger partial charge in [-0.05, 0) is 44.0 Å². The van der Waals surface area contributed by atoms with E-state index in [4.69, 9.17) is 15.8 Å². The second-order valence-corrected chi connectivity index (χ2v) is 6.88. The molecule has 0 bridgehead atoms. The number of likely N-dealkylation sites (N-methyl/N-ethyl adjacent to an activating group) is 1. The van der Waals surface area contributed by atoms with Gasteiger partial charge in [-0.3, -0.25) is 4.18 Å². The molecule has 0 amide bonds. The molecular weight excluding hydrogens is 314 g/mol. The van der Waals surface area contributed by atoms with Crippen molar-refractivity contribution >= 4 is 23.8 Å². The predicted octanol–water partition coefficient (Wildman–Crippen LogP) is 6.24. The highest BCUT2D eigenvalue weighted by molar-refractivity contribution is 7.92. The van der Waals surface area contributed by atoms with E-state index in [0.717, 1.165) is 11.1 Å². The lowest BCUT2D eigenvalue weighted by molar-refractivity contribution is 0.154. The van der Waals surface area contributed by atoms with Crippen molar-refractivity contribution in [3.05, 3.63) is 72.8 Å². The lowest BCUT2D eigenvalue weighted by Crippen LogP contribution is -2.23. The Hall–Kier alpha value is -1.000. The molecule has 1 aromatic carbocycles. The highest BCUT2D eigenvalue weighted by Gasteiger charge is 2.22. The maximum Gasteiger partial charge on any atom is 0.0831 e. The zero-order chi connectivity index (χ0) is 17.3. The van der Waals surface area contributed by atoms with Gasteiger partial charge in [-0.1, -0.05) is 43.0 Å². The summed E-state index contributed by atoms with van der Waals surface area (Å²) in [5, 5.41) is 0.708. The fourth-order valence-corrected chi connectivity index (χ4v) is 2.54. The van der Waals surface area contributed by atoms with E-state index >= 15 is 0 Å². The number of hydrogen-bond donors (Lipinski definition) is 0. The second-order valence-electron chi connectivity index (χ2n) is 5.55. The van der Waals surface area contributed by atoms with Crippen molar-refractivity contribution in [2.45, 2.75) is 32.4 Å². The maximum absolute atomic E-state index is 6.08. The van der Waals surface area contributed by atoms with Crippen LogP contribution in [-0.4, -0.2) is 17.0 Å². The molecule has 0 aliphatic carbocycles. The summed E-state index contributed by atoms with van der Waals surface area (Å²) in [6, 6.07) is 7.73. The minimum Gasteiger partial charge on any atom is -0.295 e. The summed E-state index contributed by atoms with van der Waals surface area (Å²) in [6.45, 7) is 19.9. The van der Waals surface area contributed by atoms with E-state index in [9.17, 15) is 0 Å². The van der Waals surface area contributed by atoms with E-state index < -0.39 is 0 Å². The van der Waals surface area contributed by atoms with Gasteiger partial charge in [0.15, 0.2) is 0 Å². The van der Waals surface area contributed by atoms with Crippen molar-refractivity contribution < 1.29 is 4.18 Å². The van der Waals surface area contributed by atoms with Crippen molar-refractivity contribution in [1.82, 2.24) is 4.31 Å². The van der Waals surface area contributed by atoms with E-state index in [1.165, 1.54) is 12.2 Å². The Balaban J connectivity index is 0.00000211. The molecule has 4 heteroatoms. The smallest absolute Gasteiger partial charge is 0.0831 e. The summed E-state index contributed by atoms with van der Waals surface area (Å²) >= 11 is 7.40. The normalized spacial score (nSPS) is 12.3. The second kappa shape index (κ2) is 9.90. The Bertz CT molecular complexity index is 496. The molecular formula is C18H26ClNOS. The lowest BCUT2D eigenvalue weighted by atomic mass is 10.0. The van der Waals surface area contributed by atoms with Gasteiger partial charge in [-0.2, -0.15) is 0 Å². The third kappa shape index (κ3) is 7.32. The van der Waals surface area contributed by atoms with Gasteiger partial charge in [0.2, 0.25) is 0 Å². The third-order valence-electron chi connectivity index (χ3n) is 2.55. The molecule has 0 aromatic heterocycles. The van der Waals surface area contributed by atoms with Gasteiger partial charge in [0.05, 0.1) is 23.9 Å². The largest absolute Gasteiger partial charge is 0.295 e. The van der Waals surface area contributed by atoms with Gasteiger partial charge >= 0.3 is 0 Å². The van der Waals surface area contributed by atoms with E-state index in [0.29, 0.717) is 5.02 Å². The summed E-state index contributed by atoms with van der Waals surface area (Å²) in [4.78, 5) is 0. The van der Waals surface area contributed by atoms with Crippen LogP contribution in [0.3, 0.4) is 0 Å². The summed E-state index contributed by atoms with van der Waals surface area (Å²) < 4.78 is 7.77. The third-order valence-corrected chi connectivity index (χ3v) is 3.80. The fraction of sp³-hybridized carbons (Fsp3) is 0.333. The minimum absolute atomic E-state index is 0.0291. The summed E-state index contributed by atoms with van der Waals surface area (Å²) in [5.41, 5.74) is 1.75. The highest BCUT2D eigenvalue weighted by atomic mass is 35.5. The van der Waals surface area contributed by atoms with Gasteiger partial charge in [-0.25, -0.2) is 4.31 Å². The van der Waals surface area contributed by atoms with Crippen LogP contribution in [0.4, 0.5) is 0 Å². The zero-order valence-corrected chi connectivity index (χ0v) is 15.5. The molecule has 0 aliphatic heterocycles. The lowest BCUT2D eigenvalue weighted by Gasteiger charge is -2.30. The summed E-state index contributed by atoms with van der Waals surface area (Å²) in [7, 11) is 1.97. The molecule has 0 saturated carbocycles. The molecule has 0 N–H and O–H groups in total. The van der Waals surface area contributed by atoms with E-state index in [-0.39, 0.29) is 11.6 Å². The van der Waals surface area contributed by atoms with Crippen LogP contribution in [-0.2, 0) is 4.18 Å². The molecule has 0 fully saturated rings. The van der Waals surface area contributed by atoms with Gasteiger partial charge in [0, 0.05) is 12.1 Å². The molecule has 0 radical (unpaired) electrons. The van der Waals surface area contributed by atoms with Crippen LogP contribution in [0.2, 0.25) is 5.02 Å². The van der Waals surface area contributed by atoms with Crippen LogP contribution in [0.5, 0.6) is 0 Å². The summed E-state index contributed by atoms with van der Waals surface area (Å²) in [6.07, 6.45) is 1.76. The van der Waals surface area contributed by atoms with Gasteiger partial charge in [0.1, 0.15) is 0 Å². The first kappa shape index (κ1) is 21.0. The molecule has 0 heterocycles. The van der Waals surface area contributed by atoms with Crippen LogP contribution >= 0.6 is 23.8 Å². The quantitative estimate of drug-likeness (QED) is 0.263. The molecule has 0 aliphatic rings. The molecule has 122 valence electrons. The van der Waals surface area contributed by atoms with E-state index in [2.05, 4.69) is 26.3 Å². The number of rotatable bonds is 6. The Labute approximate surface area is 144 Å². The Morgan fingerprint density at radius 2 is 1.95 bits per heavy atom. The standard InChI is InChI=1S/C16H22ClNOS.C2H4/c1-7-12(2)15(13-9-8-10-14(17)11-13)18(6)20-19-16(3,4)5;1-2/h7-11,15H,1-2H2,3-6H3;1-2H2. The van der Waals surface area contributed by atoms with Crippen LogP contribution < -0.4 is 0 Å². The van der Waals surface area contributed by atoms with Gasteiger partial charge in [-0.15, -0.1) is 13.2 Å². The minimum atomic E-state index is -0.215. The number of hydrogen-bond acceptors (Lipinski definition) is 3. The Morgan fingerprint density at radius 3 is 2.41 bits per heavy atom. The Kier molecular flexibility index (Phi) is 9.45. The Morgan fingerprint density at radius 1 is 1.36 bits per heavy atom. The number of halogens is 1. The molecule has 1 atom stereocenters. The first-order chi connectivity index (χ1) is 10.2.